The molecule has 0 saturated heterocycles. The van der Waals surface area contributed by atoms with Crippen molar-refractivity contribution < 1.29 is 19.2 Å². The van der Waals surface area contributed by atoms with Gasteiger partial charge in [-0.05, 0) is 29.8 Å². The van der Waals surface area contributed by atoms with Gasteiger partial charge in [0.25, 0.3) is 0 Å². The lowest BCUT2D eigenvalue weighted by Gasteiger charge is -2.16. The van der Waals surface area contributed by atoms with Crippen LogP contribution in [-0.4, -0.2) is 33.1 Å². The number of benzene rings is 2. The molecule has 0 aliphatic heterocycles. The minimum atomic E-state index is -0.652. The Morgan fingerprint density at radius 3 is 2.09 bits per heavy atom. The van der Waals surface area contributed by atoms with Gasteiger partial charge in [-0.3, -0.25) is 29.1 Å². The first-order valence-electron chi connectivity index (χ1n) is 9.83. The summed E-state index contributed by atoms with van der Waals surface area (Å²) in [4.78, 5) is 59.0. The Balaban J connectivity index is 1.54. The van der Waals surface area contributed by atoms with E-state index in [0.717, 1.165) is 0 Å². The molecule has 2 heterocycles. The molecular weight excluding hydrogens is 404 g/mol. The van der Waals surface area contributed by atoms with Crippen molar-refractivity contribution in [2.45, 2.75) is 0 Å². The van der Waals surface area contributed by atoms with Gasteiger partial charge in [0.05, 0.1) is 11.1 Å². The molecule has 1 aliphatic carbocycles. The molecule has 2 aromatic carbocycles. The van der Waals surface area contributed by atoms with Crippen LogP contribution in [0.4, 0.5) is 0 Å². The Bertz CT molecular complexity index is 1440. The van der Waals surface area contributed by atoms with E-state index in [1.807, 2.05) is 0 Å². The molecule has 6 heteroatoms. The van der Waals surface area contributed by atoms with E-state index in [-0.39, 0.29) is 16.7 Å². The smallest absolute Gasteiger partial charge is 0.235 e. The van der Waals surface area contributed by atoms with Gasteiger partial charge in [-0.15, -0.1) is 0 Å². The van der Waals surface area contributed by atoms with Gasteiger partial charge < -0.3 is 0 Å². The molecule has 6 nitrogen and oxygen atoms in total. The normalized spacial score (nSPS) is 12.1. The molecule has 32 heavy (non-hydrogen) atoms. The number of Topliss-reactive ketones (excluding diaryl/α,β-unsaturated/α-hetero) is 4. The lowest BCUT2D eigenvalue weighted by molar-refractivity contribution is 0.0814. The number of hydrogen-bond acceptors (Lipinski definition) is 6. The number of rotatable bonds is 4. The first-order chi connectivity index (χ1) is 15.5. The van der Waals surface area contributed by atoms with Crippen LogP contribution < -0.4 is 0 Å². The third-order valence-electron chi connectivity index (χ3n) is 5.32. The van der Waals surface area contributed by atoms with Crippen LogP contribution in [0.25, 0.3) is 22.5 Å². The van der Waals surface area contributed by atoms with Crippen molar-refractivity contribution in [2.75, 3.05) is 0 Å². The van der Waals surface area contributed by atoms with Crippen molar-refractivity contribution in [3.63, 3.8) is 0 Å². The van der Waals surface area contributed by atoms with E-state index in [0.29, 0.717) is 28.1 Å². The minimum absolute atomic E-state index is 0.163. The largest absolute Gasteiger partial charge is 0.285 e. The SMILES string of the molecule is O=C(C(=O)c1cccc(-c2cnc3c(c2)C(=O)C(=O)c2cccnc2-3)c1)c1ccccc1. The summed E-state index contributed by atoms with van der Waals surface area (Å²) in [6.45, 7) is 0. The molecule has 0 bridgehead atoms. The number of carbonyl (C=O) groups is 4. The van der Waals surface area contributed by atoms with Crippen LogP contribution in [0.3, 0.4) is 0 Å². The van der Waals surface area contributed by atoms with E-state index >= 15 is 0 Å². The number of ketones is 4. The van der Waals surface area contributed by atoms with Gasteiger partial charge in [-0.25, -0.2) is 0 Å². The molecule has 0 N–H and O–H groups in total. The Kier molecular flexibility index (Phi) is 4.60. The molecule has 1 aliphatic rings. The highest BCUT2D eigenvalue weighted by atomic mass is 16.2. The summed E-state index contributed by atoms with van der Waals surface area (Å²) in [7, 11) is 0. The zero-order valence-corrected chi connectivity index (χ0v) is 16.6. The predicted octanol–water partition coefficient (Wildman–Crippen LogP) is 4.26. The lowest BCUT2D eigenvalue weighted by atomic mass is 9.89. The van der Waals surface area contributed by atoms with E-state index in [9.17, 15) is 19.2 Å². The zero-order valence-electron chi connectivity index (χ0n) is 16.6. The minimum Gasteiger partial charge on any atom is -0.285 e. The standard InChI is InChI=1S/C26H14N2O4/c29-23(15-6-2-1-3-7-15)24(30)17-9-4-8-16(12-17)18-13-20-22(28-14-18)21-19(10-5-11-27-21)25(31)26(20)32/h1-14H. The fourth-order valence-electron chi connectivity index (χ4n) is 3.70. The predicted molar refractivity (Wildman–Crippen MR) is 117 cm³/mol. The van der Waals surface area contributed by atoms with Crippen molar-refractivity contribution in [1.29, 1.82) is 0 Å². The zero-order chi connectivity index (χ0) is 22.2. The van der Waals surface area contributed by atoms with Gasteiger partial charge in [0.1, 0.15) is 11.4 Å². The van der Waals surface area contributed by atoms with E-state index in [4.69, 9.17) is 0 Å². The molecule has 4 aromatic rings. The number of carbonyl (C=O) groups excluding carboxylic acids is 4. The summed E-state index contributed by atoms with van der Waals surface area (Å²) >= 11 is 0. The number of pyridine rings is 2. The van der Waals surface area contributed by atoms with Crippen LogP contribution in [0.1, 0.15) is 41.4 Å². The molecule has 0 unspecified atom stereocenters. The van der Waals surface area contributed by atoms with E-state index in [1.54, 1.807) is 85.2 Å². The number of aromatic nitrogens is 2. The third-order valence-corrected chi connectivity index (χ3v) is 5.32. The van der Waals surface area contributed by atoms with Gasteiger partial charge >= 0.3 is 0 Å². The highest BCUT2D eigenvalue weighted by molar-refractivity contribution is 6.52. The van der Waals surface area contributed by atoms with Gasteiger partial charge in [0.15, 0.2) is 0 Å². The van der Waals surface area contributed by atoms with E-state index in [2.05, 4.69) is 9.97 Å². The molecule has 0 saturated carbocycles. The number of hydrogen-bond donors (Lipinski definition) is 0. The average molecular weight is 418 g/mol. The van der Waals surface area contributed by atoms with E-state index < -0.39 is 23.1 Å². The van der Waals surface area contributed by atoms with Crippen molar-refractivity contribution in [2.24, 2.45) is 0 Å². The fraction of sp³-hybridized carbons (Fsp3) is 0. The molecule has 152 valence electrons. The third kappa shape index (κ3) is 3.15. The van der Waals surface area contributed by atoms with Gasteiger partial charge in [-0.2, -0.15) is 0 Å². The van der Waals surface area contributed by atoms with Gasteiger partial charge in [0.2, 0.25) is 23.1 Å². The van der Waals surface area contributed by atoms with Crippen LogP contribution in [0.15, 0.2) is 85.2 Å². The summed E-state index contributed by atoms with van der Waals surface area (Å²) in [5, 5.41) is 0. The maximum atomic E-state index is 12.7. The Morgan fingerprint density at radius 1 is 0.594 bits per heavy atom. The van der Waals surface area contributed by atoms with Gasteiger partial charge in [0, 0.05) is 29.1 Å². The van der Waals surface area contributed by atoms with Crippen LogP contribution in [-0.2, 0) is 0 Å². The molecule has 5 rings (SSSR count). The number of nitrogens with zero attached hydrogens (tertiary/aromatic N) is 2. The summed E-state index contributed by atoms with van der Waals surface area (Å²) in [6.07, 6.45) is 3.10. The summed E-state index contributed by atoms with van der Waals surface area (Å²) in [5.74, 6) is -2.51. The van der Waals surface area contributed by atoms with Crippen molar-refractivity contribution in [3.8, 4) is 22.5 Å². The summed E-state index contributed by atoms with van der Waals surface area (Å²) in [5.41, 5.74) is 2.80. The highest BCUT2D eigenvalue weighted by Crippen LogP contribution is 2.32. The fourth-order valence-corrected chi connectivity index (χ4v) is 3.70. The molecule has 2 aromatic heterocycles. The summed E-state index contributed by atoms with van der Waals surface area (Å²) in [6, 6.07) is 19.6. The topological polar surface area (TPSA) is 94.1 Å². The molecule has 0 spiro atoms. The average Bonchev–Trinajstić information content (AvgIpc) is 2.86. The Morgan fingerprint density at radius 2 is 1.28 bits per heavy atom. The second kappa shape index (κ2) is 7.59. The van der Waals surface area contributed by atoms with Crippen LogP contribution in [0.2, 0.25) is 0 Å². The van der Waals surface area contributed by atoms with Crippen LogP contribution in [0, 0.1) is 0 Å². The van der Waals surface area contributed by atoms with Gasteiger partial charge in [-0.1, -0.05) is 48.5 Å². The van der Waals surface area contributed by atoms with Crippen molar-refractivity contribution >= 4 is 23.1 Å². The molecule has 0 fully saturated rings. The maximum Gasteiger partial charge on any atom is 0.235 e. The molecule has 0 atom stereocenters. The number of fused-ring (bicyclic) bond motifs is 3. The highest BCUT2D eigenvalue weighted by Gasteiger charge is 2.32. The monoisotopic (exact) mass is 418 g/mol. The van der Waals surface area contributed by atoms with Crippen molar-refractivity contribution in [3.05, 3.63) is 107 Å². The first-order valence-corrected chi connectivity index (χ1v) is 9.83. The second-order valence-electron chi connectivity index (χ2n) is 7.28. The van der Waals surface area contributed by atoms with E-state index in [1.165, 1.54) is 0 Å². The summed E-state index contributed by atoms with van der Waals surface area (Å²) < 4.78 is 0. The quantitative estimate of drug-likeness (QED) is 0.363. The molecular formula is C26H14N2O4. The second-order valence-corrected chi connectivity index (χ2v) is 7.28. The van der Waals surface area contributed by atoms with Crippen molar-refractivity contribution in [1.82, 2.24) is 9.97 Å². The lowest BCUT2D eigenvalue weighted by Crippen LogP contribution is -2.22. The molecule has 0 radical (unpaired) electrons. The first kappa shape index (κ1) is 19.4. The Labute approximate surface area is 182 Å². The van der Waals surface area contributed by atoms with Crippen LogP contribution in [0.5, 0.6) is 0 Å². The van der Waals surface area contributed by atoms with Crippen LogP contribution >= 0.6 is 0 Å². The maximum absolute atomic E-state index is 12.7. The Hall–Kier alpha value is -4.58. The molecule has 0 amide bonds.